The molecule has 1 atom stereocenters. The molecule has 1 unspecified atom stereocenters. The maximum Gasteiger partial charge on any atom is 0.354 e. The molecule has 10 N–H and O–H groups in total. The van der Waals surface area contributed by atoms with Crippen LogP contribution >= 0.6 is 11.6 Å². The lowest BCUT2D eigenvalue weighted by Gasteiger charge is -2.09. The minimum Gasteiger partial charge on any atom is -0.370 e. The van der Waals surface area contributed by atoms with Crippen molar-refractivity contribution in [3.63, 3.8) is 0 Å². The summed E-state index contributed by atoms with van der Waals surface area (Å²) in [5, 5.41) is 3.43. The van der Waals surface area contributed by atoms with Gasteiger partial charge < -0.3 is 33.2 Å². The lowest BCUT2D eigenvalue weighted by Crippen LogP contribution is -2.26. The van der Waals surface area contributed by atoms with E-state index >= 15 is 4.39 Å². The molecule has 2 heterocycles. The van der Waals surface area contributed by atoms with Crippen molar-refractivity contribution in [2.24, 2.45) is 27.9 Å². The molecule has 2 aromatic carbocycles. The minimum absolute atomic E-state index is 0.00947. The molecule has 4 rings (SSSR count). The van der Waals surface area contributed by atoms with Gasteiger partial charge in [0.25, 0.3) is 5.91 Å². The molecule has 0 bridgehead atoms. The van der Waals surface area contributed by atoms with Gasteiger partial charge in [-0.05, 0) is 87.7 Å². The average Bonchev–Trinajstić information content (AvgIpc) is 3.37. The standard InChI is InChI=1S/C28H32ClFN8O2.CH5N/c1-16(31)4-2-5-17-12-21(24(30)22(29)13-17)23-14-19-15-38(28(40)37-25(19)36-23)20-8-6-18(7-9-20)26(39)34-10-3-11-35-27(32)33;1-2/h6-9,12-16H,2-5,10-11,31H2,1H3,(H,34,39)(H4,32,33,35)(H,36,37,40);2H2,1H3. The highest BCUT2D eigenvalue weighted by molar-refractivity contribution is 6.31. The molecule has 0 radical (unpaired) electrons. The number of aromatic nitrogens is 3. The monoisotopic (exact) mass is 597 g/mol. The van der Waals surface area contributed by atoms with Gasteiger partial charge in [0.15, 0.2) is 11.8 Å². The summed E-state index contributed by atoms with van der Waals surface area (Å²) in [5.74, 6) is -0.798. The fourth-order valence-electron chi connectivity index (χ4n) is 4.30. The number of hydrogen-bond donors (Lipinski definition) is 6. The van der Waals surface area contributed by atoms with Crippen LogP contribution in [0.4, 0.5) is 4.39 Å². The normalized spacial score (nSPS) is 11.5. The lowest BCUT2D eigenvalue weighted by molar-refractivity contribution is 0.0953. The summed E-state index contributed by atoms with van der Waals surface area (Å²) in [6, 6.07) is 11.7. The largest absolute Gasteiger partial charge is 0.370 e. The second-order valence-electron chi connectivity index (χ2n) is 9.65. The van der Waals surface area contributed by atoms with Gasteiger partial charge in [0.1, 0.15) is 5.65 Å². The van der Waals surface area contributed by atoms with Crippen LogP contribution in [0, 0.1) is 5.82 Å². The molecule has 0 spiro atoms. The number of nitrogens with two attached hydrogens (primary N) is 4. The van der Waals surface area contributed by atoms with Gasteiger partial charge in [-0.1, -0.05) is 11.6 Å². The first-order valence-electron chi connectivity index (χ1n) is 13.5. The summed E-state index contributed by atoms with van der Waals surface area (Å²) in [5.41, 5.74) is 23.3. The number of H-pyrrole nitrogens is 1. The van der Waals surface area contributed by atoms with E-state index in [9.17, 15) is 9.59 Å². The molecule has 1 amide bonds. The van der Waals surface area contributed by atoms with E-state index in [1.807, 2.05) is 6.92 Å². The van der Waals surface area contributed by atoms with Crippen molar-refractivity contribution in [1.82, 2.24) is 19.9 Å². The number of nitrogens with zero attached hydrogens (tertiary/aromatic N) is 3. The number of carbonyl (C=O) groups is 1. The minimum atomic E-state index is -0.551. The van der Waals surface area contributed by atoms with E-state index in [1.54, 1.807) is 48.7 Å². The zero-order chi connectivity index (χ0) is 30.8. The molecule has 224 valence electrons. The van der Waals surface area contributed by atoms with Crippen molar-refractivity contribution in [2.45, 2.75) is 38.6 Å². The van der Waals surface area contributed by atoms with E-state index < -0.39 is 11.5 Å². The van der Waals surface area contributed by atoms with Gasteiger partial charge >= 0.3 is 5.69 Å². The van der Waals surface area contributed by atoms with E-state index in [0.717, 1.165) is 18.4 Å². The molecule has 0 aliphatic carbocycles. The van der Waals surface area contributed by atoms with Crippen molar-refractivity contribution < 1.29 is 9.18 Å². The summed E-state index contributed by atoms with van der Waals surface area (Å²) >= 11 is 6.20. The fourth-order valence-corrected chi connectivity index (χ4v) is 4.54. The number of benzene rings is 2. The molecule has 0 aliphatic rings. The molecule has 42 heavy (non-hydrogen) atoms. The number of hydrogen-bond acceptors (Lipinski definition) is 6. The summed E-state index contributed by atoms with van der Waals surface area (Å²) < 4.78 is 16.4. The van der Waals surface area contributed by atoms with Gasteiger partial charge in [0, 0.05) is 41.8 Å². The Labute approximate surface area is 248 Å². The van der Waals surface area contributed by atoms with Crippen molar-refractivity contribution in [1.29, 1.82) is 0 Å². The Morgan fingerprint density at radius 2 is 1.88 bits per heavy atom. The highest BCUT2D eigenvalue weighted by Gasteiger charge is 2.16. The van der Waals surface area contributed by atoms with Gasteiger partial charge in [0.05, 0.1) is 16.4 Å². The maximum atomic E-state index is 15.0. The Morgan fingerprint density at radius 1 is 1.17 bits per heavy atom. The van der Waals surface area contributed by atoms with Crippen molar-refractivity contribution in [2.75, 3.05) is 20.1 Å². The quantitative estimate of drug-likeness (QED) is 0.0867. The van der Waals surface area contributed by atoms with Crippen LogP contribution in [0.2, 0.25) is 5.02 Å². The molecule has 13 heteroatoms. The van der Waals surface area contributed by atoms with Crippen LogP contribution in [0.15, 0.2) is 58.4 Å². The van der Waals surface area contributed by atoms with Crippen LogP contribution in [-0.2, 0) is 6.42 Å². The van der Waals surface area contributed by atoms with Gasteiger partial charge in [-0.2, -0.15) is 4.98 Å². The average molecular weight is 598 g/mol. The third-order valence-corrected chi connectivity index (χ3v) is 6.61. The summed E-state index contributed by atoms with van der Waals surface area (Å²) in [6.45, 7) is 2.78. The molecular formula is C29H37ClFN9O2. The van der Waals surface area contributed by atoms with E-state index in [2.05, 4.69) is 26.0 Å². The zero-order valence-corrected chi connectivity index (χ0v) is 24.4. The van der Waals surface area contributed by atoms with Gasteiger partial charge in [-0.15, -0.1) is 0 Å². The SMILES string of the molecule is CC(N)CCCc1cc(Cl)c(F)c(-c2cc3cn(-c4ccc(C(=O)NCCCN=C(N)N)cc4)c(=O)nc3[nH]2)c1.CN. The van der Waals surface area contributed by atoms with Gasteiger partial charge in [0.2, 0.25) is 0 Å². The number of amides is 1. The second-order valence-corrected chi connectivity index (χ2v) is 10.1. The predicted molar refractivity (Wildman–Crippen MR) is 166 cm³/mol. The van der Waals surface area contributed by atoms with Crippen molar-refractivity contribution in [3.05, 3.63) is 81.1 Å². The first-order chi connectivity index (χ1) is 20.1. The van der Waals surface area contributed by atoms with E-state index in [1.165, 1.54) is 11.6 Å². The van der Waals surface area contributed by atoms with Gasteiger partial charge in [-0.25, -0.2) is 9.18 Å². The van der Waals surface area contributed by atoms with Gasteiger partial charge in [-0.3, -0.25) is 14.4 Å². The number of halogens is 2. The Kier molecular flexibility index (Phi) is 11.6. The first kappa shape index (κ1) is 32.3. The van der Waals surface area contributed by atoms with Crippen LogP contribution in [0.25, 0.3) is 28.0 Å². The lowest BCUT2D eigenvalue weighted by atomic mass is 10.0. The van der Waals surface area contributed by atoms with Crippen LogP contribution in [0.5, 0.6) is 0 Å². The predicted octanol–water partition coefficient (Wildman–Crippen LogP) is 2.81. The summed E-state index contributed by atoms with van der Waals surface area (Å²) in [6.07, 6.45) is 4.63. The van der Waals surface area contributed by atoms with E-state index in [0.29, 0.717) is 59.5 Å². The van der Waals surface area contributed by atoms with Crippen LogP contribution in [0.3, 0.4) is 0 Å². The van der Waals surface area contributed by atoms with E-state index in [-0.39, 0.29) is 22.9 Å². The second kappa shape index (κ2) is 15.1. The Bertz CT molecular complexity index is 1590. The highest BCUT2D eigenvalue weighted by Crippen LogP contribution is 2.31. The molecule has 2 aromatic heterocycles. The number of carbonyl (C=O) groups excluding carboxylic acids is 1. The Hall–Kier alpha value is -4.26. The summed E-state index contributed by atoms with van der Waals surface area (Å²) in [7, 11) is 1.50. The number of fused-ring (bicyclic) bond motifs is 1. The Balaban J connectivity index is 0.00000237. The topological polar surface area (TPSA) is 196 Å². The molecule has 0 fully saturated rings. The molecule has 4 aromatic rings. The number of guanidine groups is 1. The first-order valence-corrected chi connectivity index (χ1v) is 13.9. The Morgan fingerprint density at radius 3 is 2.55 bits per heavy atom. The van der Waals surface area contributed by atoms with Crippen LogP contribution in [-0.4, -0.2) is 52.6 Å². The fraction of sp³-hybridized carbons (Fsp3) is 0.310. The zero-order valence-electron chi connectivity index (χ0n) is 23.7. The number of aliphatic imine (C=N–C) groups is 1. The third kappa shape index (κ3) is 8.38. The van der Waals surface area contributed by atoms with E-state index in [4.69, 9.17) is 28.8 Å². The molecule has 11 nitrogen and oxygen atoms in total. The highest BCUT2D eigenvalue weighted by atomic mass is 35.5. The number of rotatable bonds is 11. The number of aryl methyl sites for hydroxylation is 1. The molecule has 0 saturated carbocycles. The number of nitrogens with one attached hydrogen (secondary N) is 2. The van der Waals surface area contributed by atoms with Crippen molar-refractivity contribution in [3.8, 4) is 16.9 Å². The summed E-state index contributed by atoms with van der Waals surface area (Å²) in [4.78, 5) is 36.3. The smallest absolute Gasteiger partial charge is 0.354 e. The van der Waals surface area contributed by atoms with Crippen molar-refractivity contribution >= 4 is 34.5 Å². The maximum absolute atomic E-state index is 15.0. The molecular weight excluding hydrogens is 561 g/mol. The molecule has 0 aliphatic heterocycles. The number of aromatic amines is 1. The van der Waals surface area contributed by atoms with Crippen LogP contribution in [0.1, 0.15) is 42.1 Å². The molecule has 0 saturated heterocycles. The van der Waals surface area contributed by atoms with Crippen LogP contribution < -0.4 is 33.9 Å². The third-order valence-electron chi connectivity index (χ3n) is 6.33.